The van der Waals surface area contributed by atoms with Gasteiger partial charge in [0.1, 0.15) is 5.75 Å². The lowest BCUT2D eigenvalue weighted by Crippen LogP contribution is -2.46. The highest BCUT2D eigenvalue weighted by Crippen LogP contribution is 2.17. The first-order valence-electron chi connectivity index (χ1n) is 8.90. The van der Waals surface area contributed by atoms with Crippen molar-refractivity contribution in [2.45, 2.75) is 26.3 Å². The van der Waals surface area contributed by atoms with Gasteiger partial charge in [-0.15, -0.1) is 0 Å². The van der Waals surface area contributed by atoms with Gasteiger partial charge < -0.3 is 15.0 Å². The fraction of sp³-hybridized carbons (Fsp3) is 0.579. The van der Waals surface area contributed by atoms with Crippen molar-refractivity contribution < 1.29 is 14.3 Å². The fourth-order valence-electron chi connectivity index (χ4n) is 3.14. The minimum atomic E-state index is -0.00612. The monoisotopic (exact) mass is 347 g/mol. The van der Waals surface area contributed by atoms with Gasteiger partial charge >= 0.3 is 0 Å². The molecule has 0 saturated carbocycles. The average Bonchev–Trinajstić information content (AvgIpc) is 2.62. The topological polar surface area (TPSA) is 61.9 Å². The van der Waals surface area contributed by atoms with E-state index in [-0.39, 0.29) is 17.7 Å². The molecule has 2 rings (SSSR count). The minimum Gasteiger partial charge on any atom is -0.497 e. The number of piperidine rings is 1. The van der Waals surface area contributed by atoms with Crippen molar-refractivity contribution in [1.29, 1.82) is 0 Å². The van der Waals surface area contributed by atoms with E-state index >= 15 is 0 Å². The molecule has 1 aliphatic heterocycles. The van der Waals surface area contributed by atoms with Crippen LogP contribution in [0.2, 0.25) is 0 Å². The summed E-state index contributed by atoms with van der Waals surface area (Å²) in [5.41, 5.74) is 1.07. The summed E-state index contributed by atoms with van der Waals surface area (Å²) < 4.78 is 5.15. The van der Waals surface area contributed by atoms with E-state index < -0.39 is 0 Å². The maximum Gasteiger partial charge on any atom is 0.236 e. The Kier molecular flexibility index (Phi) is 7.25. The predicted molar refractivity (Wildman–Crippen MR) is 97.3 cm³/mol. The van der Waals surface area contributed by atoms with Gasteiger partial charge in [-0.1, -0.05) is 12.1 Å². The van der Waals surface area contributed by atoms with Crippen LogP contribution < -0.4 is 10.1 Å². The summed E-state index contributed by atoms with van der Waals surface area (Å²) in [5.74, 6) is 0.981. The van der Waals surface area contributed by atoms with E-state index in [9.17, 15) is 9.59 Å². The SMILES string of the molecule is CCNC(=O)C1CCCN(CC(=O)N(C)Cc2ccc(OC)cc2)C1. The van der Waals surface area contributed by atoms with Gasteiger partial charge in [-0.05, 0) is 44.0 Å². The summed E-state index contributed by atoms with van der Waals surface area (Å²) in [6, 6.07) is 7.73. The Labute approximate surface area is 150 Å². The number of methoxy groups -OCH3 is 1. The number of amides is 2. The average molecular weight is 347 g/mol. The summed E-state index contributed by atoms with van der Waals surface area (Å²) in [5, 5.41) is 2.88. The Hall–Kier alpha value is -2.08. The van der Waals surface area contributed by atoms with Crippen molar-refractivity contribution in [2.75, 3.05) is 40.3 Å². The number of nitrogens with one attached hydrogen (secondary N) is 1. The van der Waals surface area contributed by atoms with E-state index in [1.54, 1.807) is 12.0 Å². The van der Waals surface area contributed by atoms with Crippen molar-refractivity contribution in [3.05, 3.63) is 29.8 Å². The smallest absolute Gasteiger partial charge is 0.236 e. The highest BCUT2D eigenvalue weighted by atomic mass is 16.5. The molecule has 1 saturated heterocycles. The molecule has 1 atom stereocenters. The maximum atomic E-state index is 12.5. The first-order chi connectivity index (χ1) is 12.0. The van der Waals surface area contributed by atoms with Gasteiger partial charge in [0.2, 0.25) is 11.8 Å². The molecule has 138 valence electrons. The minimum absolute atomic E-state index is 0.00612. The molecule has 1 unspecified atom stereocenters. The lowest BCUT2D eigenvalue weighted by Gasteiger charge is -2.32. The van der Waals surface area contributed by atoms with Crippen LogP contribution in [0.3, 0.4) is 0 Å². The molecule has 25 heavy (non-hydrogen) atoms. The van der Waals surface area contributed by atoms with Gasteiger partial charge in [-0.3, -0.25) is 14.5 Å². The van der Waals surface area contributed by atoms with Crippen LogP contribution in [0.5, 0.6) is 5.75 Å². The number of likely N-dealkylation sites (tertiary alicyclic amines) is 1. The van der Waals surface area contributed by atoms with Crippen molar-refractivity contribution in [2.24, 2.45) is 5.92 Å². The first-order valence-corrected chi connectivity index (χ1v) is 8.90. The van der Waals surface area contributed by atoms with Gasteiger partial charge in [-0.25, -0.2) is 0 Å². The largest absolute Gasteiger partial charge is 0.497 e. The Morgan fingerprint density at radius 3 is 2.68 bits per heavy atom. The van der Waals surface area contributed by atoms with Crippen molar-refractivity contribution >= 4 is 11.8 Å². The first kappa shape index (κ1) is 19.2. The standard InChI is InChI=1S/C19H29N3O3/c1-4-20-19(24)16-6-5-11-22(13-16)14-18(23)21(2)12-15-7-9-17(25-3)10-8-15/h7-10,16H,4-6,11-14H2,1-3H3,(H,20,24). The van der Waals surface area contributed by atoms with Crippen LogP contribution in [0.15, 0.2) is 24.3 Å². The molecule has 2 amide bonds. The van der Waals surface area contributed by atoms with E-state index in [1.807, 2.05) is 38.2 Å². The molecule has 6 heteroatoms. The number of ether oxygens (including phenoxy) is 1. The van der Waals surface area contributed by atoms with Gasteiger partial charge in [-0.2, -0.15) is 0 Å². The Balaban J connectivity index is 1.84. The van der Waals surface area contributed by atoms with Crippen LogP contribution in [0.4, 0.5) is 0 Å². The normalized spacial score (nSPS) is 17.8. The molecule has 1 aromatic rings. The van der Waals surface area contributed by atoms with Crippen LogP contribution in [0.25, 0.3) is 0 Å². The van der Waals surface area contributed by atoms with Gasteiger partial charge in [0.05, 0.1) is 19.6 Å². The molecule has 0 spiro atoms. The Morgan fingerprint density at radius 2 is 2.04 bits per heavy atom. The van der Waals surface area contributed by atoms with Crippen LogP contribution in [0, 0.1) is 5.92 Å². The number of nitrogens with zero attached hydrogens (tertiary/aromatic N) is 2. The Bertz CT molecular complexity index is 574. The zero-order valence-corrected chi connectivity index (χ0v) is 15.5. The molecule has 1 aliphatic rings. The number of carbonyl (C=O) groups excluding carboxylic acids is 2. The van der Waals surface area contributed by atoms with Gasteiger partial charge in [0, 0.05) is 26.7 Å². The van der Waals surface area contributed by atoms with Crippen LogP contribution >= 0.6 is 0 Å². The lowest BCUT2D eigenvalue weighted by atomic mass is 9.97. The van der Waals surface area contributed by atoms with Crippen molar-refractivity contribution in [3.63, 3.8) is 0 Å². The maximum absolute atomic E-state index is 12.5. The van der Waals surface area contributed by atoms with E-state index in [4.69, 9.17) is 4.74 Å². The van der Waals surface area contributed by atoms with E-state index in [0.717, 1.165) is 30.7 Å². The second kappa shape index (κ2) is 9.42. The molecule has 0 bridgehead atoms. The number of hydrogen-bond acceptors (Lipinski definition) is 4. The molecular weight excluding hydrogens is 318 g/mol. The second-order valence-corrected chi connectivity index (χ2v) is 6.57. The van der Waals surface area contributed by atoms with Crippen molar-refractivity contribution in [1.82, 2.24) is 15.1 Å². The number of likely N-dealkylation sites (N-methyl/N-ethyl adjacent to an activating group) is 1. The van der Waals surface area contributed by atoms with Gasteiger partial charge in [0.25, 0.3) is 0 Å². The highest BCUT2D eigenvalue weighted by Gasteiger charge is 2.27. The number of carbonyl (C=O) groups is 2. The van der Waals surface area contributed by atoms with Crippen molar-refractivity contribution in [3.8, 4) is 5.75 Å². The highest BCUT2D eigenvalue weighted by molar-refractivity contribution is 5.80. The molecule has 1 heterocycles. The number of benzene rings is 1. The van der Waals surface area contributed by atoms with E-state index in [1.165, 1.54) is 0 Å². The lowest BCUT2D eigenvalue weighted by molar-refractivity contribution is -0.134. The molecule has 1 aromatic carbocycles. The summed E-state index contributed by atoms with van der Waals surface area (Å²) in [6.07, 6.45) is 1.86. The molecule has 6 nitrogen and oxygen atoms in total. The zero-order chi connectivity index (χ0) is 18.2. The summed E-state index contributed by atoms with van der Waals surface area (Å²) in [7, 11) is 3.45. The second-order valence-electron chi connectivity index (χ2n) is 6.57. The van der Waals surface area contributed by atoms with E-state index in [2.05, 4.69) is 10.2 Å². The van der Waals surface area contributed by atoms with Crippen LogP contribution in [-0.2, 0) is 16.1 Å². The molecular formula is C19H29N3O3. The third-order valence-corrected chi connectivity index (χ3v) is 4.59. The van der Waals surface area contributed by atoms with Gasteiger partial charge in [0.15, 0.2) is 0 Å². The summed E-state index contributed by atoms with van der Waals surface area (Å²) in [6.45, 7) is 5.04. The molecule has 0 aromatic heterocycles. The number of hydrogen-bond donors (Lipinski definition) is 1. The van der Waals surface area contributed by atoms with Crippen LogP contribution in [0.1, 0.15) is 25.3 Å². The molecule has 0 aliphatic carbocycles. The number of rotatable bonds is 7. The fourth-order valence-corrected chi connectivity index (χ4v) is 3.14. The van der Waals surface area contributed by atoms with Crippen LogP contribution in [-0.4, -0.2) is 62.0 Å². The molecule has 1 fully saturated rings. The molecule has 0 radical (unpaired) electrons. The van der Waals surface area contributed by atoms with E-state index in [0.29, 0.717) is 26.2 Å². The molecule has 1 N–H and O–H groups in total. The third kappa shape index (κ3) is 5.74. The Morgan fingerprint density at radius 1 is 1.32 bits per heavy atom. The predicted octanol–water partition coefficient (Wildman–Crippen LogP) is 1.50. The quantitative estimate of drug-likeness (QED) is 0.812. The zero-order valence-electron chi connectivity index (χ0n) is 15.5. The third-order valence-electron chi connectivity index (χ3n) is 4.59. The summed E-state index contributed by atoms with van der Waals surface area (Å²) >= 11 is 0. The summed E-state index contributed by atoms with van der Waals surface area (Å²) in [4.78, 5) is 28.3.